The molecule has 0 spiro atoms. The second kappa shape index (κ2) is 13.0. The topological polar surface area (TPSA) is 87.7 Å². The minimum Gasteiger partial charge on any atom is -0.444 e. The van der Waals surface area contributed by atoms with Crippen molar-refractivity contribution >= 4 is 17.9 Å². The van der Waals surface area contributed by atoms with Crippen molar-refractivity contribution in [1.82, 2.24) is 15.5 Å². The summed E-state index contributed by atoms with van der Waals surface area (Å²) in [7, 11) is 0. The van der Waals surface area contributed by atoms with E-state index in [4.69, 9.17) is 11.2 Å². The van der Waals surface area contributed by atoms with Crippen molar-refractivity contribution in [3.8, 4) is 12.5 Å². The van der Waals surface area contributed by atoms with Gasteiger partial charge in [-0.2, -0.15) is 0 Å². The highest BCUT2D eigenvalue weighted by atomic mass is 16.6. The Morgan fingerprint density at radius 3 is 2.18 bits per heavy atom. The molecule has 1 rings (SSSR count). The van der Waals surface area contributed by atoms with Gasteiger partial charge < -0.3 is 15.4 Å². The number of rotatable bonds is 10. The smallest absolute Gasteiger partial charge is 0.408 e. The number of alkyl carbamates (subject to hydrolysis) is 1. The molecule has 34 heavy (non-hydrogen) atoms. The molecule has 1 aromatic rings. The first-order valence-electron chi connectivity index (χ1n) is 11.9. The van der Waals surface area contributed by atoms with Crippen LogP contribution in [0.2, 0.25) is 0 Å². The van der Waals surface area contributed by atoms with Gasteiger partial charge in [-0.15, -0.1) is 0 Å². The van der Waals surface area contributed by atoms with Gasteiger partial charge in [0.05, 0.1) is 0 Å². The highest BCUT2D eigenvalue weighted by Crippen LogP contribution is 2.25. The molecule has 2 unspecified atom stereocenters. The molecule has 0 saturated carbocycles. The van der Waals surface area contributed by atoms with Gasteiger partial charge in [0.25, 0.3) is 5.91 Å². The molecular formula is C27H41N3O4. The van der Waals surface area contributed by atoms with Gasteiger partial charge in [-0.25, -0.2) is 4.79 Å². The van der Waals surface area contributed by atoms with Gasteiger partial charge >= 0.3 is 6.09 Å². The summed E-state index contributed by atoms with van der Waals surface area (Å²) in [4.78, 5) is 40.5. The normalized spacial score (nSPS) is 12.9. The summed E-state index contributed by atoms with van der Waals surface area (Å²) in [5.74, 6) is -0.802. The molecule has 7 heteroatoms. The van der Waals surface area contributed by atoms with Crippen LogP contribution >= 0.6 is 0 Å². The molecule has 0 saturated heterocycles. The fraction of sp³-hybridized carbons (Fsp3) is 0.593. The second-order valence-corrected chi connectivity index (χ2v) is 10.1. The van der Waals surface area contributed by atoms with Crippen LogP contribution in [0.4, 0.5) is 4.79 Å². The molecule has 0 fully saturated rings. The van der Waals surface area contributed by atoms with Crippen molar-refractivity contribution in [1.29, 1.82) is 0 Å². The Hall–Kier alpha value is -3.01. The van der Waals surface area contributed by atoms with Gasteiger partial charge in [0.1, 0.15) is 17.7 Å². The number of carbonyl (C=O) groups excluding carboxylic acids is 3. The van der Waals surface area contributed by atoms with Crippen LogP contribution in [0.25, 0.3) is 0 Å². The summed E-state index contributed by atoms with van der Waals surface area (Å²) in [6.45, 7) is 15.5. The average Bonchev–Trinajstić information content (AvgIpc) is 2.68. The molecule has 7 nitrogen and oxygen atoms in total. The maximum Gasteiger partial charge on any atom is 0.408 e. The Labute approximate surface area is 205 Å². The molecule has 0 radical (unpaired) electrons. The summed E-state index contributed by atoms with van der Waals surface area (Å²) in [5, 5.41) is 5.56. The fourth-order valence-electron chi connectivity index (χ4n) is 3.65. The summed E-state index contributed by atoms with van der Waals surface area (Å²) in [5.41, 5.74) is 1.81. The molecule has 0 bridgehead atoms. The lowest BCUT2D eigenvalue weighted by Gasteiger charge is -2.31. The lowest BCUT2D eigenvalue weighted by atomic mass is 9.97. The highest BCUT2D eigenvalue weighted by Gasteiger charge is 2.36. The molecule has 2 atom stereocenters. The Bertz CT molecular complexity index is 876. The molecule has 0 aromatic heterocycles. The molecule has 3 amide bonds. The molecule has 0 aliphatic heterocycles. The van der Waals surface area contributed by atoms with Crippen molar-refractivity contribution in [3.05, 3.63) is 34.9 Å². The molecule has 2 N–H and O–H groups in total. The van der Waals surface area contributed by atoms with Crippen molar-refractivity contribution in [3.63, 3.8) is 0 Å². The third-order valence-corrected chi connectivity index (χ3v) is 4.97. The van der Waals surface area contributed by atoms with E-state index in [1.807, 2.05) is 52.8 Å². The largest absolute Gasteiger partial charge is 0.444 e. The second-order valence-electron chi connectivity index (χ2n) is 10.1. The van der Waals surface area contributed by atoms with Gasteiger partial charge in [-0.3, -0.25) is 14.5 Å². The van der Waals surface area contributed by atoms with E-state index in [-0.39, 0.29) is 11.8 Å². The van der Waals surface area contributed by atoms with Gasteiger partial charge in [0, 0.05) is 12.6 Å². The minimum absolute atomic E-state index is 0.0848. The Morgan fingerprint density at radius 2 is 1.71 bits per heavy atom. The minimum atomic E-state index is -1.02. The predicted molar refractivity (Wildman–Crippen MR) is 135 cm³/mol. The van der Waals surface area contributed by atoms with Crippen LogP contribution in [0.15, 0.2) is 18.2 Å². The number of hydrogen-bond acceptors (Lipinski definition) is 4. The first-order chi connectivity index (χ1) is 15.8. The summed E-state index contributed by atoms with van der Waals surface area (Å²) in [6, 6.07) is 6.15. The Kier molecular flexibility index (Phi) is 11.1. The number of aryl methyl sites for hydroxylation is 2. The van der Waals surface area contributed by atoms with E-state index in [2.05, 4.69) is 16.7 Å². The molecule has 1 aromatic carbocycles. The fourth-order valence-corrected chi connectivity index (χ4v) is 3.65. The van der Waals surface area contributed by atoms with Crippen LogP contribution in [0.1, 0.15) is 83.5 Å². The number of nitrogens with zero attached hydrogens (tertiary/aromatic N) is 1. The van der Waals surface area contributed by atoms with Crippen molar-refractivity contribution in [2.45, 2.75) is 92.3 Å². The van der Waals surface area contributed by atoms with Gasteiger partial charge in [-0.05, 0) is 58.9 Å². The molecule has 188 valence electrons. The summed E-state index contributed by atoms with van der Waals surface area (Å²) >= 11 is 0. The third-order valence-electron chi connectivity index (χ3n) is 4.97. The zero-order valence-corrected chi connectivity index (χ0v) is 22.0. The molecule has 0 heterocycles. The number of hydrogen-bond donors (Lipinski definition) is 2. The average molecular weight is 472 g/mol. The van der Waals surface area contributed by atoms with Crippen LogP contribution in [-0.4, -0.2) is 41.0 Å². The van der Waals surface area contributed by atoms with Crippen molar-refractivity contribution in [2.75, 3.05) is 6.54 Å². The number of unbranched alkanes of at least 4 members (excludes halogenated alkanes) is 1. The van der Waals surface area contributed by atoms with Crippen molar-refractivity contribution in [2.24, 2.45) is 5.92 Å². The van der Waals surface area contributed by atoms with Gasteiger partial charge in [-0.1, -0.05) is 62.9 Å². The van der Waals surface area contributed by atoms with Crippen LogP contribution in [0, 0.1) is 32.2 Å². The monoisotopic (exact) mass is 471 g/mol. The SMILES string of the molecule is C#CN(C(=O)C(CC(C)C)NC(=O)OC(C)(C)C)C(C(=O)NCCCC)c1cc(C)cc(C)c1. The zero-order chi connectivity index (χ0) is 26.1. The quantitative estimate of drug-likeness (QED) is 0.296. The first kappa shape index (κ1) is 29.0. The van der Waals surface area contributed by atoms with Gasteiger partial charge in [0.2, 0.25) is 5.91 Å². The van der Waals surface area contributed by atoms with E-state index in [1.54, 1.807) is 20.8 Å². The number of benzene rings is 1. The molecular weight excluding hydrogens is 430 g/mol. The van der Waals surface area contributed by atoms with E-state index >= 15 is 0 Å². The Morgan fingerprint density at radius 1 is 1.12 bits per heavy atom. The van der Waals surface area contributed by atoms with Crippen LogP contribution in [-0.2, 0) is 14.3 Å². The van der Waals surface area contributed by atoms with Crippen LogP contribution in [0.3, 0.4) is 0 Å². The van der Waals surface area contributed by atoms with Gasteiger partial charge in [0.15, 0.2) is 0 Å². The zero-order valence-electron chi connectivity index (χ0n) is 22.0. The summed E-state index contributed by atoms with van der Waals surface area (Å²) < 4.78 is 5.35. The molecule has 0 aliphatic rings. The van der Waals surface area contributed by atoms with Crippen molar-refractivity contribution < 1.29 is 19.1 Å². The first-order valence-corrected chi connectivity index (χ1v) is 11.9. The predicted octanol–water partition coefficient (Wildman–Crippen LogP) is 4.62. The maximum absolute atomic E-state index is 13.7. The standard InChI is InChI=1S/C27H41N3O4/c1-10-12-13-28-24(31)23(21-16-19(5)15-20(6)17-21)30(11-2)25(32)22(14-18(3)4)29-26(33)34-27(7,8)9/h2,15-18,22-23H,10,12-14H2,1,3-9H3,(H,28,31)(H,29,33). The highest BCUT2D eigenvalue weighted by molar-refractivity contribution is 5.93. The lowest BCUT2D eigenvalue weighted by Crippen LogP contribution is -2.52. The number of terminal acetylenes is 1. The lowest BCUT2D eigenvalue weighted by molar-refractivity contribution is -0.138. The number of nitrogens with one attached hydrogen (secondary N) is 2. The number of ether oxygens (including phenoxy) is 1. The van der Waals surface area contributed by atoms with E-state index in [1.165, 1.54) is 0 Å². The molecule has 0 aliphatic carbocycles. The summed E-state index contributed by atoms with van der Waals surface area (Å²) in [6.07, 6.45) is 7.17. The van der Waals surface area contributed by atoms with Crippen LogP contribution < -0.4 is 10.6 Å². The third kappa shape index (κ3) is 9.46. The Balaban J connectivity index is 3.38. The van der Waals surface area contributed by atoms with E-state index in [9.17, 15) is 14.4 Å². The van der Waals surface area contributed by atoms with Crippen LogP contribution in [0.5, 0.6) is 0 Å². The van der Waals surface area contributed by atoms with E-state index in [0.717, 1.165) is 28.9 Å². The van der Waals surface area contributed by atoms with E-state index in [0.29, 0.717) is 18.5 Å². The maximum atomic E-state index is 13.7. The number of carbonyl (C=O) groups is 3. The number of amides is 3. The van der Waals surface area contributed by atoms with E-state index < -0.39 is 29.7 Å².